The molecular formula is C28H39NO7. The first-order chi connectivity index (χ1) is 16.9. The number of rotatable bonds is 10. The molecule has 2 unspecified atom stereocenters. The molecule has 1 aromatic carbocycles. The lowest BCUT2D eigenvalue weighted by Crippen LogP contribution is -2.54. The van der Waals surface area contributed by atoms with Crippen molar-refractivity contribution in [1.82, 2.24) is 0 Å². The summed E-state index contributed by atoms with van der Waals surface area (Å²) in [6, 6.07) is 7.24. The summed E-state index contributed by atoms with van der Waals surface area (Å²) in [4.78, 5) is 12.6. The highest BCUT2D eigenvalue weighted by Crippen LogP contribution is 2.59. The van der Waals surface area contributed by atoms with Crippen LogP contribution in [0.5, 0.6) is 5.75 Å². The minimum Gasteiger partial charge on any atom is -0.633 e. The van der Waals surface area contributed by atoms with Crippen LogP contribution in [0.15, 0.2) is 42.0 Å². The molecule has 1 saturated carbocycles. The van der Waals surface area contributed by atoms with Crippen molar-refractivity contribution in [2.24, 2.45) is 5.92 Å². The van der Waals surface area contributed by atoms with Crippen molar-refractivity contribution in [3.05, 3.63) is 52.8 Å². The molecule has 0 bridgehead atoms. The summed E-state index contributed by atoms with van der Waals surface area (Å²) >= 11 is 0. The van der Waals surface area contributed by atoms with Crippen LogP contribution < -0.4 is 4.74 Å². The molecule has 4 rings (SSSR count). The van der Waals surface area contributed by atoms with Crippen molar-refractivity contribution in [2.45, 2.75) is 69.5 Å². The lowest BCUT2D eigenvalue weighted by Gasteiger charge is -2.40. The quantitative estimate of drug-likeness (QED) is 0.130. The SMILES string of the molecule is CC(C)=CCC1OC1(C)[C@H]1[C@H](O)[C@H](OC(=O)/C=C/c2ccc(OCC[N+](C)(C)[O-])cc2)CC[C@]12CO2. The molecule has 0 radical (unpaired) electrons. The maximum Gasteiger partial charge on any atom is 0.331 e. The van der Waals surface area contributed by atoms with Crippen molar-refractivity contribution in [1.29, 1.82) is 0 Å². The Labute approximate surface area is 213 Å². The maximum atomic E-state index is 12.6. The van der Waals surface area contributed by atoms with Crippen molar-refractivity contribution in [2.75, 3.05) is 33.9 Å². The summed E-state index contributed by atoms with van der Waals surface area (Å²) in [6.45, 7) is 7.44. The molecule has 2 heterocycles. The number of allylic oxidation sites excluding steroid dienone is 1. The van der Waals surface area contributed by atoms with Gasteiger partial charge in [0.25, 0.3) is 0 Å². The second-order valence-electron chi connectivity index (χ2n) is 11.2. The molecule has 0 amide bonds. The van der Waals surface area contributed by atoms with E-state index in [1.54, 1.807) is 32.3 Å². The molecule has 1 aromatic rings. The van der Waals surface area contributed by atoms with Gasteiger partial charge in [-0.1, -0.05) is 23.8 Å². The van der Waals surface area contributed by atoms with Crippen LogP contribution in [0.1, 0.15) is 45.6 Å². The second kappa shape index (κ2) is 10.3. The summed E-state index contributed by atoms with van der Waals surface area (Å²) in [6.07, 6.45) is 5.85. The number of carbonyl (C=O) groups excluding carboxylic acids is 1. The fourth-order valence-electron chi connectivity index (χ4n) is 5.23. The largest absolute Gasteiger partial charge is 0.633 e. The number of aliphatic hydroxyl groups excluding tert-OH is 1. The molecule has 0 aromatic heterocycles. The lowest BCUT2D eigenvalue weighted by molar-refractivity contribution is -0.840. The molecule has 1 N–H and O–H groups in total. The number of ether oxygens (including phenoxy) is 4. The number of likely N-dealkylation sites (N-methyl/N-ethyl adjacent to an activating group) is 1. The van der Waals surface area contributed by atoms with Crippen LogP contribution in [0, 0.1) is 11.1 Å². The molecule has 8 heteroatoms. The van der Waals surface area contributed by atoms with E-state index in [2.05, 4.69) is 19.9 Å². The minimum atomic E-state index is -0.852. The van der Waals surface area contributed by atoms with Gasteiger partial charge in [0.05, 0.1) is 38.8 Å². The number of nitrogens with zero attached hydrogens (tertiary/aromatic N) is 1. The molecule has 2 saturated heterocycles. The van der Waals surface area contributed by atoms with E-state index in [4.69, 9.17) is 18.9 Å². The van der Waals surface area contributed by atoms with Crippen molar-refractivity contribution in [3.63, 3.8) is 0 Å². The first-order valence-corrected chi connectivity index (χ1v) is 12.7. The minimum absolute atomic E-state index is 0.0280. The predicted molar refractivity (Wildman–Crippen MR) is 136 cm³/mol. The monoisotopic (exact) mass is 501 g/mol. The summed E-state index contributed by atoms with van der Waals surface area (Å²) in [5, 5.41) is 22.9. The number of esters is 1. The van der Waals surface area contributed by atoms with Gasteiger partial charge in [0, 0.05) is 6.08 Å². The Kier molecular flexibility index (Phi) is 7.65. The molecule has 2 aliphatic heterocycles. The van der Waals surface area contributed by atoms with E-state index in [9.17, 15) is 15.1 Å². The van der Waals surface area contributed by atoms with E-state index in [1.807, 2.05) is 19.1 Å². The number of hydrogen-bond donors (Lipinski definition) is 1. The number of hydroxylamine groups is 3. The molecule has 1 aliphatic carbocycles. The molecule has 36 heavy (non-hydrogen) atoms. The van der Waals surface area contributed by atoms with Gasteiger partial charge in [-0.05, 0) is 63.8 Å². The average Bonchev–Trinajstić information content (AvgIpc) is 3.71. The van der Waals surface area contributed by atoms with Crippen molar-refractivity contribution >= 4 is 12.0 Å². The Bertz CT molecular complexity index is 988. The van der Waals surface area contributed by atoms with Gasteiger partial charge in [-0.25, -0.2) is 4.79 Å². The lowest BCUT2D eigenvalue weighted by atomic mass is 9.68. The van der Waals surface area contributed by atoms with Crippen LogP contribution in [0.2, 0.25) is 0 Å². The van der Waals surface area contributed by atoms with Crippen molar-refractivity contribution < 1.29 is 33.5 Å². The molecule has 198 valence electrons. The third-order valence-electron chi connectivity index (χ3n) is 7.45. The zero-order chi connectivity index (χ0) is 26.1. The highest BCUT2D eigenvalue weighted by atomic mass is 16.6. The zero-order valence-corrected chi connectivity index (χ0v) is 21.9. The summed E-state index contributed by atoms with van der Waals surface area (Å²) < 4.78 is 22.8. The fourth-order valence-corrected chi connectivity index (χ4v) is 5.23. The smallest absolute Gasteiger partial charge is 0.331 e. The molecule has 3 aliphatic rings. The Morgan fingerprint density at radius 3 is 2.58 bits per heavy atom. The number of carbonyl (C=O) groups is 1. The van der Waals surface area contributed by atoms with E-state index < -0.39 is 28.4 Å². The van der Waals surface area contributed by atoms with Gasteiger partial charge >= 0.3 is 5.97 Å². The molecule has 3 fully saturated rings. The molecule has 1 spiro atoms. The van der Waals surface area contributed by atoms with Crippen LogP contribution in [0.25, 0.3) is 6.08 Å². The third-order valence-corrected chi connectivity index (χ3v) is 7.45. The van der Waals surface area contributed by atoms with Crippen molar-refractivity contribution in [3.8, 4) is 5.75 Å². The fraction of sp³-hybridized carbons (Fsp3) is 0.607. The first kappa shape index (κ1) is 26.8. The summed E-state index contributed by atoms with van der Waals surface area (Å²) in [5.41, 5.74) is 1.18. The van der Waals surface area contributed by atoms with Gasteiger partial charge in [0.15, 0.2) is 0 Å². The summed E-state index contributed by atoms with van der Waals surface area (Å²) in [7, 11) is 3.15. The van der Waals surface area contributed by atoms with E-state index in [0.29, 0.717) is 31.9 Å². The predicted octanol–water partition coefficient (Wildman–Crippen LogP) is 3.62. The van der Waals surface area contributed by atoms with E-state index in [1.165, 1.54) is 11.6 Å². The standard InChI is InChI=1S/C28H39NO7/c1-19(2)6-12-23-27(3,36-23)26-25(31)22(14-15-28(26)18-34-28)35-24(30)13-9-20-7-10-21(11-8-20)33-17-16-29(4,5)32/h6-11,13,22-23,25-26,31H,12,14-18H2,1-5H3/b13-9+/t22-,23?,25-,26-,27?,28+/m1/s1. The topological polar surface area (TPSA) is 104 Å². The van der Waals surface area contributed by atoms with E-state index >= 15 is 0 Å². The number of quaternary nitrogens is 1. The first-order valence-electron chi connectivity index (χ1n) is 12.7. The Balaban J connectivity index is 1.31. The summed E-state index contributed by atoms with van der Waals surface area (Å²) in [5.74, 6) is -0.0757. The molecular weight excluding hydrogens is 462 g/mol. The Morgan fingerprint density at radius 2 is 1.97 bits per heavy atom. The molecule has 8 nitrogen and oxygen atoms in total. The number of benzene rings is 1. The van der Waals surface area contributed by atoms with E-state index in [0.717, 1.165) is 18.4 Å². The number of hydrogen-bond acceptors (Lipinski definition) is 7. The van der Waals surface area contributed by atoms with Crippen LogP contribution in [-0.4, -0.2) is 79.1 Å². The Morgan fingerprint density at radius 1 is 1.28 bits per heavy atom. The Hall–Kier alpha value is -2.23. The van der Waals surface area contributed by atoms with Gasteiger partial charge in [-0.15, -0.1) is 0 Å². The van der Waals surface area contributed by atoms with Gasteiger partial charge in [0.2, 0.25) is 0 Å². The van der Waals surface area contributed by atoms with Gasteiger partial charge < -0.3 is 33.9 Å². The normalized spacial score (nSPS) is 33.4. The average molecular weight is 502 g/mol. The van der Waals surface area contributed by atoms with Crippen LogP contribution >= 0.6 is 0 Å². The van der Waals surface area contributed by atoms with Gasteiger partial charge in [0.1, 0.15) is 36.2 Å². The van der Waals surface area contributed by atoms with Crippen LogP contribution in [-0.2, 0) is 19.0 Å². The highest BCUT2D eigenvalue weighted by Gasteiger charge is 2.71. The molecule has 6 atom stereocenters. The van der Waals surface area contributed by atoms with Crippen LogP contribution in [0.3, 0.4) is 0 Å². The van der Waals surface area contributed by atoms with Gasteiger partial charge in [-0.3, -0.25) is 0 Å². The zero-order valence-electron chi connectivity index (χ0n) is 21.9. The van der Waals surface area contributed by atoms with Gasteiger partial charge in [-0.2, -0.15) is 0 Å². The second-order valence-corrected chi connectivity index (χ2v) is 11.2. The van der Waals surface area contributed by atoms with Crippen LogP contribution in [0.4, 0.5) is 0 Å². The number of aliphatic hydroxyl groups is 1. The third kappa shape index (κ3) is 6.36. The maximum absolute atomic E-state index is 12.6. The highest BCUT2D eigenvalue weighted by molar-refractivity contribution is 5.87. The number of epoxide rings is 2. The van der Waals surface area contributed by atoms with E-state index in [-0.39, 0.29) is 17.6 Å².